The number of rotatable bonds is 5. The fraction of sp³-hybridized carbons (Fsp3) is 0.111. The molecular weight excluding hydrogens is 354 g/mol. The standard InChI is InChI=1S/C18H15N3O4S/c22-14-8-6-13(7-9-14)21-17(25)15(10-16(23)24)26-18(21)20-19-11-12-4-2-1-3-5-12/h1-9,11,15,22H,10H2,(H,23,24)/t15-/m0/s1. The number of phenolic OH excluding ortho intramolecular Hbond substituents is 1. The van der Waals surface area contributed by atoms with Gasteiger partial charge in [-0.3, -0.25) is 14.5 Å². The number of aliphatic carboxylic acids is 1. The van der Waals surface area contributed by atoms with Gasteiger partial charge in [0.05, 0.1) is 18.3 Å². The second-order valence-electron chi connectivity index (χ2n) is 5.43. The van der Waals surface area contributed by atoms with Crippen LogP contribution in [0.3, 0.4) is 0 Å². The van der Waals surface area contributed by atoms with Gasteiger partial charge in [0.15, 0.2) is 5.17 Å². The molecule has 0 spiro atoms. The first-order chi connectivity index (χ1) is 12.5. The van der Waals surface area contributed by atoms with Crippen molar-refractivity contribution in [2.24, 2.45) is 10.2 Å². The number of carbonyl (C=O) groups excluding carboxylic acids is 1. The van der Waals surface area contributed by atoms with Crippen LogP contribution in [-0.4, -0.2) is 38.7 Å². The number of amides is 1. The highest BCUT2D eigenvalue weighted by atomic mass is 32.2. The topological polar surface area (TPSA) is 103 Å². The molecule has 26 heavy (non-hydrogen) atoms. The number of benzene rings is 2. The van der Waals surface area contributed by atoms with Crippen molar-refractivity contribution in [3.63, 3.8) is 0 Å². The molecule has 1 aliphatic heterocycles. The predicted octanol–water partition coefficient (Wildman–Crippen LogP) is 2.71. The molecule has 0 unspecified atom stereocenters. The summed E-state index contributed by atoms with van der Waals surface area (Å²) < 4.78 is 0. The summed E-state index contributed by atoms with van der Waals surface area (Å²) in [6.45, 7) is 0. The summed E-state index contributed by atoms with van der Waals surface area (Å²) >= 11 is 1.06. The normalized spacial score (nSPS) is 18.8. The number of carboxylic acids is 1. The third-order valence-electron chi connectivity index (χ3n) is 3.55. The first kappa shape index (κ1) is 17.7. The van der Waals surface area contributed by atoms with Crippen LogP contribution in [0.4, 0.5) is 5.69 Å². The second kappa shape index (κ2) is 7.83. The van der Waals surface area contributed by atoms with E-state index in [-0.39, 0.29) is 18.1 Å². The lowest BCUT2D eigenvalue weighted by Gasteiger charge is -2.15. The molecule has 132 valence electrons. The van der Waals surface area contributed by atoms with Crippen LogP contribution >= 0.6 is 11.8 Å². The third kappa shape index (κ3) is 4.09. The maximum Gasteiger partial charge on any atom is 0.305 e. The Bertz CT molecular complexity index is 866. The number of hydrogen-bond acceptors (Lipinski definition) is 6. The van der Waals surface area contributed by atoms with Gasteiger partial charge in [-0.15, -0.1) is 5.10 Å². The Morgan fingerprint density at radius 3 is 2.50 bits per heavy atom. The minimum absolute atomic E-state index is 0.0655. The lowest BCUT2D eigenvalue weighted by molar-refractivity contribution is -0.138. The third-order valence-corrected chi connectivity index (χ3v) is 4.68. The minimum Gasteiger partial charge on any atom is -0.508 e. The Morgan fingerprint density at radius 2 is 1.85 bits per heavy atom. The van der Waals surface area contributed by atoms with Gasteiger partial charge in [-0.2, -0.15) is 5.10 Å². The summed E-state index contributed by atoms with van der Waals surface area (Å²) in [5.41, 5.74) is 1.34. The zero-order valence-corrected chi connectivity index (χ0v) is 14.3. The van der Waals surface area contributed by atoms with E-state index in [1.165, 1.54) is 17.0 Å². The zero-order valence-electron chi connectivity index (χ0n) is 13.5. The molecule has 1 saturated heterocycles. The highest BCUT2D eigenvalue weighted by Crippen LogP contribution is 2.34. The van der Waals surface area contributed by atoms with Gasteiger partial charge in [0.1, 0.15) is 11.0 Å². The van der Waals surface area contributed by atoms with Crippen molar-refractivity contribution in [3.05, 3.63) is 60.2 Å². The largest absolute Gasteiger partial charge is 0.508 e. The lowest BCUT2D eigenvalue weighted by atomic mass is 10.2. The molecule has 1 fully saturated rings. The van der Waals surface area contributed by atoms with Crippen LogP contribution in [0.15, 0.2) is 64.8 Å². The van der Waals surface area contributed by atoms with Crippen molar-refractivity contribution in [1.29, 1.82) is 0 Å². The minimum atomic E-state index is -1.06. The molecule has 3 rings (SSSR count). The van der Waals surface area contributed by atoms with Gasteiger partial charge in [-0.05, 0) is 29.8 Å². The van der Waals surface area contributed by atoms with Crippen molar-refractivity contribution < 1.29 is 19.8 Å². The van der Waals surface area contributed by atoms with Gasteiger partial charge in [0.2, 0.25) is 5.91 Å². The highest BCUT2D eigenvalue weighted by molar-refractivity contribution is 8.16. The fourth-order valence-electron chi connectivity index (χ4n) is 2.35. The molecule has 2 aromatic rings. The second-order valence-corrected chi connectivity index (χ2v) is 6.60. The first-order valence-corrected chi connectivity index (χ1v) is 8.60. The molecule has 1 aliphatic rings. The van der Waals surface area contributed by atoms with E-state index in [4.69, 9.17) is 5.11 Å². The van der Waals surface area contributed by atoms with E-state index in [9.17, 15) is 14.7 Å². The molecular formula is C18H15N3O4S. The van der Waals surface area contributed by atoms with Gasteiger partial charge in [-0.1, -0.05) is 42.1 Å². The van der Waals surface area contributed by atoms with Crippen molar-refractivity contribution in [2.75, 3.05) is 4.90 Å². The number of thioether (sulfide) groups is 1. The molecule has 2 N–H and O–H groups in total. The van der Waals surface area contributed by atoms with Crippen LogP contribution in [0, 0.1) is 0 Å². The maximum atomic E-state index is 12.6. The number of carbonyl (C=O) groups is 2. The molecule has 7 nitrogen and oxygen atoms in total. The molecule has 0 bridgehead atoms. The van der Waals surface area contributed by atoms with Gasteiger partial charge in [0, 0.05) is 0 Å². The average molecular weight is 369 g/mol. The van der Waals surface area contributed by atoms with Gasteiger partial charge in [-0.25, -0.2) is 0 Å². The predicted molar refractivity (Wildman–Crippen MR) is 101 cm³/mol. The first-order valence-electron chi connectivity index (χ1n) is 7.72. The number of hydrogen-bond donors (Lipinski definition) is 2. The summed E-state index contributed by atoms with van der Waals surface area (Å²) in [7, 11) is 0. The Morgan fingerprint density at radius 1 is 1.15 bits per heavy atom. The van der Waals surface area contributed by atoms with E-state index in [1.807, 2.05) is 30.3 Å². The summed E-state index contributed by atoms with van der Waals surface area (Å²) in [6, 6.07) is 15.4. The fourth-order valence-corrected chi connectivity index (χ4v) is 3.43. The lowest BCUT2D eigenvalue weighted by Crippen LogP contribution is -2.32. The smallest absolute Gasteiger partial charge is 0.305 e. The Labute approximate surface area is 153 Å². The van der Waals surface area contributed by atoms with Crippen LogP contribution in [0.5, 0.6) is 5.75 Å². The summed E-state index contributed by atoms with van der Waals surface area (Å²) in [4.78, 5) is 24.9. The van der Waals surface area contributed by atoms with E-state index in [2.05, 4.69) is 10.2 Å². The quantitative estimate of drug-likeness (QED) is 0.623. The summed E-state index contributed by atoms with van der Waals surface area (Å²) in [5.74, 6) is -1.37. The Kier molecular flexibility index (Phi) is 5.33. The Hall–Kier alpha value is -3.13. The van der Waals surface area contributed by atoms with Crippen molar-refractivity contribution >= 4 is 40.7 Å². The van der Waals surface area contributed by atoms with Crippen molar-refractivity contribution in [3.8, 4) is 5.75 Å². The summed E-state index contributed by atoms with van der Waals surface area (Å²) in [5, 5.41) is 26.1. The number of amidine groups is 1. The molecule has 0 aromatic heterocycles. The van der Waals surface area contributed by atoms with Gasteiger partial charge < -0.3 is 10.2 Å². The van der Waals surface area contributed by atoms with E-state index < -0.39 is 11.2 Å². The molecule has 8 heteroatoms. The van der Waals surface area contributed by atoms with Crippen molar-refractivity contribution in [1.82, 2.24) is 0 Å². The number of carboxylic acid groups (broad SMARTS) is 1. The van der Waals surface area contributed by atoms with Gasteiger partial charge in [0.25, 0.3) is 0 Å². The number of aromatic hydroxyl groups is 1. The van der Waals surface area contributed by atoms with E-state index in [0.717, 1.165) is 17.3 Å². The molecule has 0 aliphatic carbocycles. The monoisotopic (exact) mass is 369 g/mol. The number of phenols is 1. The van der Waals surface area contributed by atoms with Crippen LogP contribution in [0.2, 0.25) is 0 Å². The van der Waals surface area contributed by atoms with E-state index in [1.54, 1.807) is 18.3 Å². The Balaban J connectivity index is 1.90. The number of anilines is 1. The van der Waals surface area contributed by atoms with Crippen LogP contribution < -0.4 is 4.90 Å². The molecule has 2 aromatic carbocycles. The molecule has 0 radical (unpaired) electrons. The molecule has 1 heterocycles. The zero-order chi connectivity index (χ0) is 18.5. The van der Waals surface area contributed by atoms with Crippen LogP contribution in [-0.2, 0) is 9.59 Å². The molecule has 1 amide bonds. The average Bonchev–Trinajstić information content (AvgIpc) is 2.92. The highest BCUT2D eigenvalue weighted by Gasteiger charge is 2.40. The summed E-state index contributed by atoms with van der Waals surface area (Å²) in [6.07, 6.45) is 1.25. The van der Waals surface area contributed by atoms with E-state index in [0.29, 0.717) is 10.9 Å². The van der Waals surface area contributed by atoms with E-state index >= 15 is 0 Å². The van der Waals surface area contributed by atoms with Gasteiger partial charge >= 0.3 is 5.97 Å². The number of nitrogens with zero attached hydrogens (tertiary/aromatic N) is 3. The van der Waals surface area contributed by atoms with Crippen molar-refractivity contribution in [2.45, 2.75) is 11.7 Å². The SMILES string of the molecule is O=C(O)C[C@@H]1SC(=NN=Cc2ccccc2)N(c2ccc(O)cc2)C1=O. The maximum absolute atomic E-state index is 12.6. The van der Waals surface area contributed by atoms with Crippen LogP contribution in [0.25, 0.3) is 0 Å². The molecule has 0 saturated carbocycles. The van der Waals surface area contributed by atoms with Crippen LogP contribution in [0.1, 0.15) is 12.0 Å². The molecule has 1 atom stereocenters.